The Morgan fingerprint density at radius 3 is 2.78 bits per heavy atom. The maximum absolute atomic E-state index is 12.0. The number of aryl methyl sites for hydroxylation is 1. The minimum absolute atomic E-state index is 0.227. The molecule has 0 radical (unpaired) electrons. The number of amides is 1. The lowest BCUT2D eigenvalue weighted by Crippen LogP contribution is -2.12. The molecular weight excluding hydrogens is 248 g/mol. The van der Waals surface area contributed by atoms with Crippen molar-refractivity contribution < 1.29 is 4.79 Å². The maximum Gasteiger partial charge on any atom is 0.286 e. The smallest absolute Gasteiger partial charge is 0.286 e. The highest BCUT2D eigenvalue weighted by atomic mass is 32.1. The van der Waals surface area contributed by atoms with E-state index in [1.54, 1.807) is 7.05 Å². The van der Waals surface area contributed by atoms with Crippen LogP contribution in [0.5, 0.6) is 0 Å². The molecule has 0 aliphatic rings. The number of nitrogens with zero attached hydrogens (tertiary/aromatic N) is 2. The van der Waals surface area contributed by atoms with Crippen molar-refractivity contribution in [2.45, 2.75) is 13.3 Å². The molecule has 2 rings (SSSR count). The molecule has 18 heavy (non-hydrogen) atoms. The number of hydrogen-bond donors (Lipinski definition) is 2. The molecule has 2 N–H and O–H groups in total. The zero-order chi connectivity index (χ0) is 13.0. The average Bonchev–Trinajstić information content (AvgIpc) is 2.88. The van der Waals surface area contributed by atoms with E-state index in [1.807, 2.05) is 24.3 Å². The van der Waals surface area contributed by atoms with Gasteiger partial charge in [0.15, 0.2) is 0 Å². The molecule has 6 heteroatoms. The number of anilines is 2. The number of carbonyl (C=O) groups excluding carboxylic acids is 1. The van der Waals surface area contributed by atoms with Gasteiger partial charge in [0.1, 0.15) is 0 Å². The predicted octanol–water partition coefficient (Wildman–Crippen LogP) is 2.39. The maximum atomic E-state index is 12.0. The fraction of sp³-hybridized carbons (Fsp3) is 0.250. The molecule has 0 saturated heterocycles. The summed E-state index contributed by atoms with van der Waals surface area (Å²) in [5.41, 5.74) is 1.93. The third kappa shape index (κ3) is 2.65. The first kappa shape index (κ1) is 12.5. The summed E-state index contributed by atoms with van der Waals surface area (Å²) in [7, 11) is 1.74. The molecule has 0 atom stereocenters. The van der Waals surface area contributed by atoms with E-state index in [4.69, 9.17) is 0 Å². The highest BCUT2D eigenvalue weighted by Gasteiger charge is 2.13. The molecule has 0 aliphatic heterocycles. The summed E-state index contributed by atoms with van der Waals surface area (Å²) >= 11 is 1.23. The van der Waals surface area contributed by atoms with Crippen LogP contribution in [0, 0.1) is 0 Å². The van der Waals surface area contributed by atoms with E-state index < -0.39 is 0 Å². The van der Waals surface area contributed by atoms with Gasteiger partial charge in [-0.3, -0.25) is 4.79 Å². The fourth-order valence-electron chi connectivity index (χ4n) is 1.54. The Bertz CT molecular complexity index is 553. The first-order valence-electron chi connectivity index (χ1n) is 5.65. The van der Waals surface area contributed by atoms with Gasteiger partial charge >= 0.3 is 0 Å². The minimum Gasteiger partial charge on any atom is -0.363 e. The molecule has 0 fully saturated rings. The van der Waals surface area contributed by atoms with Crippen LogP contribution in [0.2, 0.25) is 0 Å². The predicted molar refractivity (Wildman–Crippen MR) is 73.2 cm³/mol. The van der Waals surface area contributed by atoms with Gasteiger partial charge in [-0.1, -0.05) is 36.5 Å². The summed E-state index contributed by atoms with van der Waals surface area (Å²) in [6.45, 7) is 2.05. The van der Waals surface area contributed by atoms with E-state index in [-0.39, 0.29) is 5.91 Å². The summed E-state index contributed by atoms with van der Waals surface area (Å²) < 4.78 is 0. The highest BCUT2D eigenvalue weighted by Crippen LogP contribution is 2.19. The van der Waals surface area contributed by atoms with Crippen molar-refractivity contribution >= 4 is 28.1 Å². The lowest BCUT2D eigenvalue weighted by molar-refractivity contribution is 0.102. The molecule has 1 heterocycles. The Hall–Kier alpha value is -1.95. The second-order valence-corrected chi connectivity index (χ2v) is 4.60. The van der Waals surface area contributed by atoms with Crippen molar-refractivity contribution in [2.24, 2.45) is 0 Å². The van der Waals surface area contributed by atoms with E-state index in [9.17, 15) is 4.79 Å². The first-order valence-corrected chi connectivity index (χ1v) is 6.46. The Morgan fingerprint density at radius 2 is 2.11 bits per heavy atom. The monoisotopic (exact) mass is 262 g/mol. The van der Waals surface area contributed by atoms with Gasteiger partial charge in [-0.25, -0.2) is 0 Å². The molecule has 0 unspecified atom stereocenters. The van der Waals surface area contributed by atoms with Gasteiger partial charge in [-0.15, -0.1) is 10.2 Å². The number of carbonyl (C=O) groups is 1. The highest BCUT2D eigenvalue weighted by molar-refractivity contribution is 7.17. The van der Waals surface area contributed by atoms with E-state index in [0.29, 0.717) is 10.1 Å². The minimum atomic E-state index is -0.227. The summed E-state index contributed by atoms with van der Waals surface area (Å²) in [6, 6.07) is 7.73. The van der Waals surface area contributed by atoms with Gasteiger partial charge < -0.3 is 10.6 Å². The largest absolute Gasteiger partial charge is 0.363 e. The van der Waals surface area contributed by atoms with Crippen molar-refractivity contribution in [3.8, 4) is 0 Å². The fourth-order valence-corrected chi connectivity index (χ4v) is 2.13. The average molecular weight is 262 g/mol. The van der Waals surface area contributed by atoms with Crippen LogP contribution in [0.25, 0.3) is 0 Å². The molecule has 0 bridgehead atoms. The molecule has 0 saturated carbocycles. The third-order valence-electron chi connectivity index (χ3n) is 2.48. The molecular formula is C12H14N4OS. The molecule has 1 aromatic heterocycles. The Labute approximate surface area is 109 Å². The Morgan fingerprint density at radius 1 is 1.33 bits per heavy atom. The van der Waals surface area contributed by atoms with Gasteiger partial charge in [0.05, 0.1) is 0 Å². The first-order chi connectivity index (χ1) is 8.74. The van der Waals surface area contributed by atoms with Crippen molar-refractivity contribution in [3.63, 3.8) is 0 Å². The van der Waals surface area contributed by atoms with Crippen LogP contribution in [-0.2, 0) is 6.42 Å². The van der Waals surface area contributed by atoms with E-state index in [1.165, 1.54) is 11.3 Å². The van der Waals surface area contributed by atoms with Gasteiger partial charge in [-0.05, 0) is 18.1 Å². The summed E-state index contributed by atoms with van der Waals surface area (Å²) in [6.07, 6.45) is 0.869. The van der Waals surface area contributed by atoms with Crippen LogP contribution < -0.4 is 10.6 Å². The van der Waals surface area contributed by atoms with Gasteiger partial charge in [0, 0.05) is 12.7 Å². The Kier molecular flexibility index (Phi) is 3.88. The topological polar surface area (TPSA) is 66.9 Å². The number of rotatable bonds is 4. The molecule has 94 valence electrons. The van der Waals surface area contributed by atoms with Crippen molar-refractivity contribution in [3.05, 3.63) is 34.8 Å². The Balaban J connectivity index is 2.16. The second kappa shape index (κ2) is 5.59. The number of nitrogens with one attached hydrogen (secondary N) is 2. The third-order valence-corrected chi connectivity index (χ3v) is 3.42. The number of benzene rings is 1. The molecule has 1 aromatic carbocycles. The summed E-state index contributed by atoms with van der Waals surface area (Å²) in [4.78, 5) is 12.0. The number of hydrogen-bond acceptors (Lipinski definition) is 5. The van der Waals surface area contributed by atoms with Crippen LogP contribution in [0.15, 0.2) is 24.3 Å². The van der Waals surface area contributed by atoms with Gasteiger partial charge in [-0.2, -0.15) is 0 Å². The SMILES string of the molecule is CCc1ccccc1NC(=O)c1nnc(NC)s1. The summed E-state index contributed by atoms with van der Waals surface area (Å²) in [5, 5.41) is 14.4. The van der Waals surface area contributed by atoms with E-state index >= 15 is 0 Å². The van der Waals surface area contributed by atoms with Crippen LogP contribution in [-0.4, -0.2) is 23.2 Å². The van der Waals surface area contributed by atoms with Gasteiger partial charge in [0.25, 0.3) is 5.91 Å². The zero-order valence-corrected chi connectivity index (χ0v) is 11.0. The van der Waals surface area contributed by atoms with Crippen LogP contribution in [0.3, 0.4) is 0 Å². The normalized spacial score (nSPS) is 10.1. The lowest BCUT2D eigenvalue weighted by Gasteiger charge is -2.07. The van der Waals surface area contributed by atoms with Crippen LogP contribution in [0.1, 0.15) is 22.3 Å². The molecule has 1 amide bonds. The van der Waals surface area contributed by atoms with E-state index in [0.717, 1.165) is 17.7 Å². The second-order valence-electron chi connectivity index (χ2n) is 3.63. The van der Waals surface area contributed by atoms with Crippen molar-refractivity contribution in [1.29, 1.82) is 0 Å². The van der Waals surface area contributed by atoms with Crippen LogP contribution >= 0.6 is 11.3 Å². The number of aromatic nitrogens is 2. The van der Waals surface area contributed by atoms with Crippen molar-refractivity contribution in [1.82, 2.24) is 10.2 Å². The zero-order valence-electron chi connectivity index (χ0n) is 10.2. The standard InChI is InChI=1S/C12H14N4OS/c1-3-8-6-4-5-7-9(8)14-10(17)11-15-16-12(13-2)18-11/h4-7H,3H2,1-2H3,(H,13,16)(H,14,17). The summed E-state index contributed by atoms with van der Waals surface area (Å²) in [5.74, 6) is -0.227. The molecule has 2 aromatic rings. The van der Waals surface area contributed by atoms with Crippen LogP contribution in [0.4, 0.5) is 10.8 Å². The van der Waals surface area contributed by atoms with E-state index in [2.05, 4.69) is 27.8 Å². The van der Waals surface area contributed by atoms with Crippen molar-refractivity contribution in [2.75, 3.05) is 17.7 Å². The number of para-hydroxylation sites is 1. The van der Waals surface area contributed by atoms with Gasteiger partial charge in [0.2, 0.25) is 10.1 Å². The molecule has 5 nitrogen and oxygen atoms in total. The molecule has 0 spiro atoms. The quantitative estimate of drug-likeness (QED) is 0.888. The lowest BCUT2D eigenvalue weighted by atomic mass is 10.1. The molecule has 0 aliphatic carbocycles.